The Labute approximate surface area is 115 Å². The number of amides is 1. The average molecular weight is 279 g/mol. The lowest BCUT2D eigenvalue weighted by Crippen LogP contribution is -2.27. The summed E-state index contributed by atoms with van der Waals surface area (Å²) < 4.78 is 13.1. The maximum atomic E-state index is 13.1. The van der Waals surface area contributed by atoms with Gasteiger partial charge in [0.05, 0.1) is 17.8 Å². The second kappa shape index (κ2) is 5.80. The van der Waals surface area contributed by atoms with E-state index in [-0.39, 0.29) is 16.8 Å². The van der Waals surface area contributed by atoms with Crippen molar-refractivity contribution in [1.82, 2.24) is 10.3 Å². The smallest absolute Gasteiger partial charge is 0.254 e. The Kier molecular flexibility index (Phi) is 4.12. The molecule has 0 spiro atoms. The van der Waals surface area contributed by atoms with Crippen molar-refractivity contribution >= 4 is 17.5 Å². The van der Waals surface area contributed by atoms with E-state index in [0.29, 0.717) is 0 Å². The lowest BCUT2D eigenvalue weighted by molar-refractivity contribution is 0.0939. The number of hydrogen-bond acceptors (Lipinski definition) is 2. The fourth-order valence-corrected chi connectivity index (χ4v) is 1.87. The van der Waals surface area contributed by atoms with Crippen LogP contribution in [0, 0.1) is 5.82 Å². The first-order valence-corrected chi connectivity index (χ1v) is 6.12. The standard InChI is InChI=1S/C14H12ClFN2O/c1-9(10-5-3-2-4-6-10)18-14(19)12-7-11(16)8-17-13(12)15/h2-9H,1H3,(H,18,19). The quantitative estimate of drug-likeness (QED) is 0.875. The van der Waals surface area contributed by atoms with Crippen molar-refractivity contribution in [3.63, 3.8) is 0 Å². The van der Waals surface area contributed by atoms with Gasteiger partial charge in [0.25, 0.3) is 5.91 Å². The normalized spacial score (nSPS) is 11.9. The molecule has 2 aromatic rings. The summed E-state index contributed by atoms with van der Waals surface area (Å²) in [4.78, 5) is 15.6. The van der Waals surface area contributed by atoms with Crippen LogP contribution in [0.1, 0.15) is 28.9 Å². The van der Waals surface area contributed by atoms with Crippen molar-refractivity contribution in [2.24, 2.45) is 0 Å². The summed E-state index contributed by atoms with van der Waals surface area (Å²) in [5, 5.41) is 2.74. The van der Waals surface area contributed by atoms with Crippen LogP contribution in [0.2, 0.25) is 5.15 Å². The third kappa shape index (κ3) is 3.29. The van der Waals surface area contributed by atoms with Gasteiger partial charge in [-0.15, -0.1) is 0 Å². The van der Waals surface area contributed by atoms with Gasteiger partial charge in [-0.2, -0.15) is 0 Å². The minimum atomic E-state index is -0.595. The molecule has 0 fully saturated rings. The molecular weight excluding hydrogens is 267 g/mol. The summed E-state index contributed by atoms with van der Waals surface area (Å²) >= 11 is 5.78. The zero-order valence-electron chi connectivity index (χ0n) is 10.2. The molecule has 0 aliphatic heterocycles. The minimum absolute atomic E-state index is 0.0147. The molecule has 1 atom stereocenters. The van der Waals surface area contributed by atoms with E-state index in [2.05, 4.69) is 10.3 Å². The van der Waals surface area contributed by atoms with Crippen LogP contribution < -0.4 is 5.32 Å². The van der Waals surface area contributed by atoms with Crippen LogP contribution in [0.25, 0.3) is 0 Å². The van der Waals surface area contributed by atoms with E-state index in [1.807, 2.05) is 37.3 Å². The maximum Gasteiger partial charge on any atom is 0.254 e. The Morgan fingerprint density at radius 2 is 2.05 bits per heavy atom. The molecule has 19 heavy (non-hydrogen) atoms. The van der Waals surface area contributed by atoms with Gasteiger partial charge in [-0.25, -0.2) is 9.37 Å². The number of aromatic nitrogens is 1. The van der Waals surface area contributed by atoms with Gasteiger partial charge in [0.2, 0.25) is 0 Å². The van der Waals surface area contributed by atoms with Crippen LogP contribution in [-0.2, 0) is 0 Å². The fraction of sp³-hybridized carbons (Fsp3) is 0.143. The predicted octanol–water partition coefficient (Wildman–Crippen LogP) is 3.37. The highest BCUT2D eigenvalue weighted by Crippen LogP contribution is 2.16. The number of carbonyl (C=O) groups excluding carboxylic acids is 1. The fourth-order valence-electron chi connectivity index (χ4n) is 1.68. The number of nitrogens with zero attached hydrogens (tertiary/aromatic N) is 1. The number of carbonyl (C=O) groups is 1. The molecule has 0 bridgehead atoms. The number of rotatable bonds is 3. The van der Waals surface area contributed by atoms with Gasteiger partial charge in [-0.1, -0.05) is 41.9 Å². The molecule has 98 valence electrons. The summed E-state index contributed by atoms with van der Waals surface area (Å²) in [6, 6.07) is 10.3. The van der Waals surface area contributed by atoms with Gasteiger partial charge in [0.15, 0.2) is 0 Å². The number of benzene rings is 1. The Bertz CT molecular complexity index is 589. The van der Waals surface area contributed by atoms with Crippen LogP contribution >= 0.6 is 11.6 Å². The zero-order valence-corrected chi connectivity index (χ0v) is 11.0. The van der Waals surface area contributed by atoms with Crippen molar-refractivity contribution in [3.05, 3.63) is 64.7 Å². The van der Waals surface area contributed by atoms with Crippen molar-refractivity contribution in [1.29, 1.82) is 0 Å². The van der Waals surface area contributed by atoms with Gasteiger partial charge in [0, 0.05) is 0 Å². The highest BCUT2D eigenvalue weighted by molar-refractivity contribution is 6.32. The average Bonchev–Trinajstić information content (AvgIpc) is 2.42. The van der Waals surface area contributed by atoms with Gasteiger partial charge in [-0.05, 0) is 18.6 Å². The van der Waals surface area contributed by atoms with Crippen LogP contribution in [0.5, 0.6) is 0 Å². The molecule has 1 unspecified atom stereocenters. The molecule has 1 heterocycles. The van der Waals surface area contributed by atoms with Crippen LogP contribution in [-0.4, -0.2) is 10.9 Å². The molecule has 1 amide bonds. The Hall–Kier alpha value is -1.94. The maximum absolute atomic E-state index is 13.1. The third-order valence-electron chi connectivity index (χ3n) is 2.70. The highest BCUT2D eigenvalue weighted by atomic mass is 35.5. The van der Waals surface area contributed by atoms with Gasteiger partial charge >= 0.3 is 0 Å². The minimum Gasteiger partial charge on any atom is -0.345 e. The van der Waals surface area contributed by atoms with E-state index in [1.165, 1.54) is 0 Å². The summed E-state index contributed by atoms with van der Waals surface area (Å²) in [7, 11) is 0. The first kappa shape index (κ1) is 13.5. The lowest BCUT2D eigenvalue weighted by atomic mass is 10.1. The van der Waals surface area contributed by atoms with E-state index in [1.54, 1.807) is 0 Å². The number of nitrogens with one attached hydrogen (secondary N) is 1. The molecule has 0 radical (unpaired) electrons. The second-order valence-electron chi connectivity index (χ2n) is 4.10. The van der Waals surface area contributed by atoms with Crippen molar-refractivity contribution in [3.8, 4) is 0 Å². The zero-order chi connectivity index (χ0) is 13.8. The largest absolute Gasteiger partial charge is 0.345 e. The molecule has 1 N–H and O–H groups in total. The second-order valence-corrected chi connectivity index (χ2v) is 4.46. The summed E-state index contributed by atoms with van der Waals surface area (Å²) in [6.45, 7) is 1.84. The SMILES string of the molecule is CC(NC(=O)c1cc(F)cnc1Cl)c1ccccc1. The number of pyridine rings is 1. The van der Waals surface area contributed by atoms with Crippen LogP contribution in [0.15, 0.2) is 42.6 Å². The van der Waals surface area contributed by atoms with Crippen molar-refractivity contribution in [2.75, 3.05) is 0 Å². The van der Waals surface area contributed by atoms with Gasteiger partial charge < -0.3 is 5.32 Å². The monoisotopic (exact) mass is 278 g/mol. The molecule has 0 saturated carbocycles. The van der Waals surface area contributed by atoms with Crippen LogP contribution in [0.4, 0.5) is 4.39 Å². The molecule has 3 nitrogen and oxygen atoms in total. The van der Waals surface area contributed by atoms with Crippen LogP contribution in [0.3, 0.4) is 0 Å². The summed E-state index contributed by atoms with van der Waals surface area (Å²) in [6.07, 6.45) is 0.972. The van der Waals surface area contributed by atoms with E-state index < -0.39 is 11.7 Å². The Balaban J connectivity index is 2.15. The number of hydrogen-bond donors (Lipinski definition) is 1. The van der Waals surface area contributed by atoms with Gasteiger partial charge in [-0.3, -0.25) is 4.79 Å². The molecule has 2 rings (SSSR count). The molecule has 0 aliphatic rings. The van der Waals surface area contributed by atoms with Crippen molar-refractivity contribution < 1.29 is 9.18 Å². The Morgan fingerprint density at radius 1 is 1.37 bits per heavy atom. The van der Waals surface area contributed by atoms with Gasteiger partial charge in [0.1, 0.15) is 11.0 Å². The molecule has 0 saturated heterocycles. The third-order valence-corrected chi connectivity index (χ3v) is 3.00. The van der Waals surface area contributed by atoms with E-state index in [0.717, 1.165) is 17.8 Å². The number of halogens is 2. The summed E-state index contributed by atoms with van der Waals surface area (Å²) in [5.74, 6) is -1.05. The topological polar surface area (TPSA) is 42.0 Å². The Morgan fingerprint density at radius 3 is 2.74 bits per heavy atom. The first-order chi connectivity index (χ1) is 9.08. The molecule has 1 aromatic heterocycles. The predicted molar refractivity (Wildman–Crippen MR) is 71.5 cm³/mol. The summed E-state index contributed by atoms with van der Waals surface area (Å²) in [5.41, 5.74) is 0.987. The molecule has 1 aromatic carbocycles. The molecule has 5 heteroatoms. The van der Waals surface area contributed by atoms with E-state index >= 15 is 0 Å². The van der Waals surface area contributed by atoms with E-state index in [9.17, 15) is 9.18 Å². The molecule has 0 aliphatic carbocycles. The van der Waals surface area contributed by atoms with Crippen molar-refractivity contribution in [2.45, 2.75) is 13.0 Å². The van der Waals surface area contributed by atoms with E-state index in [4.69, 9.17) is 11.6 Å². The molecular formula is C14H12ClFN2O. The highest BCUT2D eigenvalue weighted by Gasteiger charge is 2.15. The first-order valence-electron chi connectivity index (χ1n) is 5.75. The lowest BCUT2D eigenvalue weighted by Gasteiger charge is -2.14.